The second-order valence-corrected chi connectivity index (χ2v) is 4.82. The predicted molar refractivity (Wildman–Crippen MR) is 71.7 cm³/mol. The molecule has 0 heterocycles. The first kappa shape index (κ1) is 14.6. The lowest BCUT2D eigenvalue weighted by molar-refractivity contribution is -0.153. The average Bonchev–Trinajstić information content (AvgIpc) is 2.32. The van der Waals surface area contributed by atoms with Crippen LogP contribution in [0.15, 0.2) is 24.3 Å². The topological polar surface area (TPSA) is 35.5 Å². The second-order valence-electron chi connectivity index (χ2n) is 4.82. The Morgan fingerprint density at radius 3 is 2.44 bits per heavy atom. The Kier molecular flexibility index (Phi) is 5.20. The Bertz CT molecular complexity index is 396. The fourth-order valence-corrected chi connectivity index (χ4v) is 1.82. The summed E-state index contributed by atoms with van der Waals surface area (Å²) in [6, 6.07) is 7.82. The first-order valence-electron chi connectivity index (χ1n) is 6.39. The van der Waals surface area contributed by atoms with Crippen LogP contribution in [0.5, 0.6) is 5.75 Å². The van der Waals surface area contributed by atoms with E-state index in [0.717, 1.165) is 11.3 Å². The van der Waals surface area contributed by atoms with Gasteiger partial charge in [-0.05, 0) is 45.7 Å². The summed E-state index contributed by atoms with van der Waals surface area (Å²) in [5, 5.41) is 0. The van der Waals surface area contributed by atoms with Crippen LogP contribution in [0.2, 0.25) is 0 Å². The third-order valence-corrected chi connectivity index (χ3v) is 2.73. The molecule has 18 heavy (non-hydrogen) atoms. The number of ether oxygens (including phenoxy) is 2. The summed E-state index contributed by atoms with van der Waals surface area (Å²) in [5.41, 5.74) is 0.501. The first-order valence-corrected chi connectivity index (χ1v) is 6.39. The van der Waals surface area contributed by atoms with Crippen molar-refractivity contribution in [1.82, 2.24) is 0 Å². The monoisotopic (exact) mass is 250 g/mol. The average molecular weight is 250 g/mol. The van der Waals surface area contributed by atoms with Crippen LogP contribution in [0.3, 0.4) is 0 Å². The third-order valence-electron chi connectivity index (χ3n) is 2.73. The van der Waals surface area contributed by atoms with Crippen molar-refractivity contribution in [3.05, 3.63) is 29.8 Å². The van der Waals surface area contributed by atoms with E-state index in [4.69, 9.17) is 9.47 Å². The van der Waals surface area contributed by atoms with Crippen molar-refractivity contribution in [2.45, 2.75) is 34.1 Å². The minimum Gasteiger partial charge on any atom is -0.494 e. The highest BCUT2D eigenvalue weighted by Crippen LogP contribution is 2.29. The highest BCUT2D eigenvalue weighted by Gasteiger charge is 2.30. The maximum atomic E-state index is 11.9. The van der Waals surface area contributed by atoms with E-state index in [2.05, 4.69) is 0 Å². The fraction of sp³-hybridized carbons (Fsp3) is 0.533. The molecule has 3 nitrogen and oxygen atoms in total. The van der Waals surface area contributed by atoms with Crippen LogP contribution in [0.4, 0.5) is 0 Å². The van der Waals surface area contributed by atoms with Gasteiger partial charge in [-0.25, -0.2) is 0 Å². The molecule has 0 spiro atoms. The zero-order valence-electron chi connectivity index (χ0n) is 11.7. The number of hydrogen-bond donors (Lipinski definition) is 0. The van der Waals surface area contributed by atoms with Crippen molar-refractivity contribution < 1.29 is 14.3 Å². The second kappa shape index (κ2) is 6.43. The van der Waals surface area contributed by atoms with Crippen LogP contribution in [-0.4, -0.2) is 19.2 Å². The number of para-hydroxylation sites is 1. The predicted octanol–water partition coefficient (Wildman–Crippen LogP) is 3.22. The van der Waals surface area contributed by atoms with Gasteiger partial charge in [0, 0.05) is 0 Å². The number of hydrogen-bond acceptors (Lipinski definition) is 3. The number of rotatable bonds is 6. The van der Waals surface area contributed by atoms with E-state index in [1.54, 1.807) is 0 Å². The standard InChI is InChI=1S/C15H22O3/c1-5-17-13-10-8-7-9-12(13)11-15(3,4)14(16)18-6-2/h7-10H,5-6,11H2,1-4H3. The first-order chi connectivity index (χ1) is 8.51. The Hall–Kier alpha value is -1.51. The molecule has 0 unspecified atom stereocenters. The lowest BCUT2D eigenvalue weighted by Crippen LogP contribution is -2.29. The molecule has 0 saturated heterocycles. The number of benzene rings is 1. The minimum atomic E-state index is -0.538. The van der Waals surface area contributed by atoms with E-state index in [1.165, 1.54) is 0 Å². The van der Waals surface area contributed by atoms with Gasteiger partial charge in [0.25, 0.3) is 0 Å². The smallest absolute Gasteiger partial charge is 0.311 e. The molecule has 0 saturated carbocycles. The van der Waals surface area contributed by atoms with Gasteiger partial charge >= 0.3 is 5.97 Å². The van der Waals surface area contributed by atoms with Gasteiger partial charge in [-0.15, -0.1) is 0 Å². The Labute approximate surface area is 109 Å². The lowest BCUT2D eigenvalue weighted by Gasteiger charge is -2.23. The Balaban J connectivity index is 2.86. The molecule has 100 valence electrons. The maximum Gasteiger partial charge on any atom is 0.311 e. The van der Waals surface area contributed by atoms with Gasteiger partial charge in [0.2, 0.25) is 0 Å². The van der Waals surface area contributed by atoms with Gasteiger partial charge in [0.15, 0.2) is 0 Å². The summed E-state index contributed by atoms with van der Waals surface area (Å²) < 4.78 is 10.7. The quantitative estimate of drug-likeness (QED) is 0.727. The largest absolute Gasteiger partial charge is 0.494 e. The van der Waals surface area contributed by atoms with Crippen molar-refractivity contribution >= 4 is 5.97 Å². The van der Waals surface area contributed by atoms with Crippen LogP contribution in [-0.2, 0) is 16.0 Å². The van der Waals surface area contributed by atoms with E-state index in [1.807, 2.05) is 52.0 Å². The molecule has 1 aromatic carbocycles. The normalized spacial score (nSPS) is 11.1. The van der Waals surface area contributed by atoms with E-state index >= 15 is 0 Å². The Morgan fingerprint density at radius 1 is 1.17 bits per heavy atom. The molecule has 0 amide bonds. The molecule has 0 radical (unpaired) electrons. The number of esters is 1. The van der Waals surface area contributed by atoms with Gasteiger partial charge in [-0.1, -0.05) is 18.2 Å². The molecule has 0 aromatic heterocycles. The number of carbonyl (C=O) groups is 1. The molecule has 1 rings (SSSR count). The molecule has 0 bridgehead atoms. The summed E-state index contributed by atoms with van der Waals surface area (Å²) in [6.07, 6.45) is 0.613. The van der Waals surface area contributed by atoms with Crippen molar-refractivity contribution in [3.63, 3.8) is 0 Å². The SMILES string of the molecule is CCOC(=O)C(C)(C)Cc1ccccc1OCC. The highest BCUT2D eigenvalue weighted by atomic mass is 16.5. The van der Waals surface area contributed by atoms with Crippen molar-refractivity contribution in [3.8, 4) is 5.75 Å². The summed E-state index contributed by atoms with van der Waals surface area (Å²) >= 11 is 0. The minimum absolute atomic E-state index is 0.170. The van der Waals surface area contributed by atoms with Gasteiger partial charge in [0.05, 0.1) is 18.6 Å². The molecule has 0 aliphatic rings. The zero-order chi connectivity index (χ0) is 13.6. The molecule has 0 fully saturated rings. The number of carbonyl (C=O) groups excluding carboxylic acids is 1. The summed E-state index contributed by atoms with van der Waals surface area (Å²) in [6.45, 7) is 8.60. The molecule has 0 atom stereocenters. The summed E-state index contributed by atoms with van der Waals surface area (Å²) in [7, 11) is 0. The van der Waals surface area contributed by atoms with Crippen molar-refractivity contribution in [1.29, 1.82) is 0 Å². The molecule has 0 aliphatic carbocycles. The van der Waals surface area contributed by atoms with Crippen molar-refractivity contribution in [2.75, 3.05) is 13.2 Å². The third kappa shape index (κ3) is 3.76. The van der Waals surface area contributed by atoms with Crippen molar-refractivity contribution in [2.24, 2.45) is 5.41 Å². The van der Waals surface area contributed by atoms with Crippen LogP contribution in [0.1, 0.15) is 33.3 Å². The molecule has 0 aliphatic heterocycles. The van der Waals surface area contributed by atoms with Crippen LogP contribution in [0, 0.1) is 5.41 Å². The van der Waals surface area contributed by atoms with E-state index in [9.17, 15) is 4.79 Å². The molecular weight excluding hydrogens is 228 g/mol. The summed E-state index contributed by atoms with van der Waals surface area (Å²) in [5.74, 6) is 0.675. The molecular formula is C15H22O3. The Morgan fingerprint density at radius 2 is 1.83 bits per heavy atom. The molecule has 0 N–H and O–H groups in total. The lowest BCUT2D eigenvalue weighted by atomic mass is 9.85. The molecule has 1 aromatic rings. The van der Waals surface area contributed by atoms with Gasteiger partial charge in [-0.3, -0.25) is 4.79 Å². The van der Waals surface area contributed by atoms with Gasteiger partial charge in [0.1, 0.15) is 5.75 Å². The maximum absolute atomic E-state index is 11.9. The zero-order valence-corrected chi connectivity index (χ0v) is 11.7. The van der Waals surface area contributed by atoms with Gasteiger partial charge < -0.3 is 9.47 Å². The summed E-state index contributed by atoms with van der Waals surface area (Å²) in [4.78, 5) is 11.9. The van der Waals surface area contributed by atoms with Crippen LogP contribution >= 0.6 is 0 Å². The van der Waals surface area contributed by atoms with E-state index in [0.29, 0.717) is 19.6 Å². The van der Waals surface area contributed by atoms with E-state index < -0.39 is 5.41 Å². The highest BCUT2D eigenvalue weighted by molar-refractivity contribution is 5.76. The fourth-order valence-electron chi connectivity index (χ4n) is 1.82. The molecule has 3 heteroatoms. The van der Waals surface area contributed by atoms with Crippen LogP contribution in [0.25, 0.3) is 0 Å². The van der Waals surface area contributed by atoms with E-state index in [-0.39, 0.29) is 5.97 Å². The van der Waals surface area contributed by atoms with Crippen LogP contribution < -0.4 is 4.74 Å². The van der Waals surface area contributed by atoms with Gasteiger partial charge in [-0.2, -0.15) is 0 Å².